The van der Waals surface area contributed by atoms with Crippen LogP contribution in [0.4, 0.5) is 5.69 Å². The molecule has 5 nitrogen and oxygen atoms in total. The Morgan fingerprint density at radius 3 is 2.68 bits per heavy atom. The molecule has 2 aliphatic rings. The first-order valence-corrected chi connectivity index (χ1v) is 7.49. The molecule has 1 atom stereocenters. The van der Waals surface area contributed by atoms with E-state index in [-0.39, 0.29) is 11.8 Å². The van der Waals surface area contributed by atoms with Crippen LogP contribution in [0.15, 0.2) is 58.8 Å². The molecule has 0 saturated heterocycles. The monoisotopic (exact) mass is 292 g/mol. The first-order valence-electron chi connectivity index (χ1n) is 7.49. The van der Waals surface area contributed by atoms with Gasteiger partial charge in [-0.2, -0.15) is 10.1 Å². The molecular formula is C17H16N4O. The third kappa shape index (κ3) is 2.06. The number of benzene rings is 1. The standard InChI is InChI=1S/C17H16N4O/c22-17-15(13-8-4-10-18-13)16(14-9-5-11-19-14)20-21(17)12-6-2-1-3-7-12/h1-3,5-7,9,11,15,19H,4,8,10H2. The lowest BCUT2D eigenvalue weighted by atomic mass is 9.93. The van der Waals surface area contributed by atoms with Gasteiger partial charge in [0.1, 0.15) is 11.6 Å². The maximum Gasteiger partial charge on any atom is 0.262 e. The summed E-state index contributed by atoms with van der Waals surface area (Å²) in [4.78, 5) is 20.6. The van der Waals surface area contributed by atoms with Gasteiger partial charge in [0.05, 0.1) is 11.4 Å². The largest absolute Gasteiger partial charge is 0.360 e. The summed E-state index contributed by atoms with van der Waals surface area (Å²) in [5, 5.41) is 6.10. The van der Waals surface area contributed by atoms with E-state index < -0.39 is 0 Å². The summed E-state index contributed by atoms with van der Waals surface area (Å²) in [6, 6.07) is 13.4. The molecule has 0 spiro atoms. The van der Waals surface area contributed by atoms with Gasteiger partial charge in [-0.3, -0.25) is 9.79 Å². The summed E-state index contributed by atoms with van der Waals surface area (Å²) in [6.45, 7) is 0.808. The van der Waals surface area contributed by atoms with Crippen molar-refractivity contribution in [1.29, 1.82) is 0 Å². The highest BCUT2D eigenvalue weighted by molar-refractivity contribution is 6.32. The summed E-state index contributed by atoms with van der Waals surface area (Å²) in [7, 11) is 0. The van der Waals surface area contributed by atoms with E-state index >= 15 is 0 Å². The van der Waals surface area contributed by atoms with Crippen LogP contribution in [0, 0.1) is 5.92 Å². The second-order valence-electron chi connectivity index (χ2n) is 5.46. The molecule has 3 heterocycles. The van der Waals surface area contributed by atoms with E-state index in [0.29, 0.717) is 0 Å². The molecule has 1 aromatic carbocycles. The van der Waals surface area contributed by atoms with Gasteiger partial charge in [0.25, 0.3) is 5.91 Å². The van der Waals surface area contributed by atoms with Gasteiger partial charge in [0, 0.05) is 18.5 Å². The predicted molar refractivity (Wildman–Crippen MR) is 86.3 cm³/mol. The highest BCUT2D eigenvalue weighted by atomic mass is 16.2. The van der Waals surface area contributed by atoms with Gasteiger partial charge in [-0.25, -0.2) is 0 Å². The topological polar surface area (TPSA) is 60.8 Å². The van der Waals surface area contributed by atoms with E-state index in [1.165, 1.54) is 5.01 Å². The third-order valence-electron chi connectivity index (χ3n) is 4.05. The van der Waals surface area contributed by atoms with Gasteiger partial charge >= 0.3 is 0 Å². The van der Waals surface area contributed by atoms with Crippen molar-refractivity contribution in [2.75, 3.05) is 11.6 Å². The minimum Gasteiger partial charge on any atom is -0.360 e. The zero-order valence-electron chi connectivity index (χ0n) is 12.1. The normalized spacial score (nSPS) is 21.2. The van der Waals surface area contributed by atoms with Crippen LogP contribution in [-0.2, 0) is 4.79 Å². The molecular weight excluding hydrogens is 276 g/mol. The fourth-order valence-corrected chi connectivity index (χ4v) is 3.01. The number of rotatable bonds is 3. The average Bonchev–Trinajstić information content (AvgIpc) is 3.28. The SMILES string of the molecule is O=C1C(C2=NCCC2)C(c2ccc[nH]2)=NN1c1ccccc1. The number of amides is 1. The smallest absolute Gasteiger partial charge is 0.262 e. The summed E-state index contributed by atoms with van der Waals surface area (Å²) >= 11 is 0. The number of hydrogen-bond acceptors (Lipinski definition) is 3. The molecule has 110 valence electrons. The van der Waals surface area contributed by atoms with Gasteiger partial charge in [-0.05, 0) is 37.1 Å². The second-order valence-corrected chi connectivity index (χ2v) is 5.46. The Balaban J connectivity index is 1.78. The zero-order chi connectivity index (χ0) is 14.9. The Bertz CT molecular complexity index is 746. The average molecular weight is 292 g/mol. The number of anilines is 1. The fraction of sp³-hybridized carbons (Fsp3) is 0.235. The molecule has 2 aromatic rings. The van der Waals surface area contributed by atoms with Crippen molar-refractivity contribution in [3.05, 3.63) is 54.4 Å². The van der Waals surface area contributed by atoms with Crippen LogP contribution >= 0.6 is 0 Å². The molecule has 0 bridgehead atoms. The Morgan fingerprint density at radius 2 is 2.00 bits per heavy atom. The fourth-order valence-electron chi connectivity index (χ4n) is 3.01. The summed E-state index contributed by atoms with van der Waals surface area (Å²) in [6.07, 6.45) is 3.74. The highest BCUT2D eigenvalue weighted by Crippen LogP contribution is 2.29. The molecule has 0 aliphatic carbocycles. The van der Waals surface area contributed by atoms with Crippen LogP contribution < -0.4 is 5.01 Å². The van der Waals surface area contributed by atoms with E-state index in [0.717, 1.165) is 42.2 Å². The van der Waals surface area contributed by atoms with Crippen molar-refractivity contribution in [1.82, 2.24) is 4.98 Å². The van der Waals surface area contributed by atoms with Crippen molar-refractivity contribution in [2.24, 2.45) is 16.0 Å². The molecule has 1 N–H and O–H groups in total. The molecule has 0 saturated carbocycles. The Morgan fingerprint density at radius 1 is 1.14 bits per heavy atom. The number of carbonyl (C=O) groups excluding carboxylic acids is 1. The minimum atomic E-state index is -0.360. The number of para-hydroxylation sites is 1. The number of aromatic nitrogens is 1. The number of hydrogen-bond donors (Lipinski definition) is 1. The molecule has 5 heteroatoms. The second kappa shape index (κ2) is 5.26. The summed E-state index contributed by atoms with van der Waals surface area (Å²) in [5.41, 5.74) is 3.39. The van der Waals surface area contributed by atoms with Gasteiger partial charge in [0.2, 0.25) is 0 Å². The van der Waals surface area contributed by atoms with Crippen LogP contribution in [0.1, 0.15) is 18.5 Å². The number of hydrazone groups is 1. The van der Waals surface area contributed by atoms with E-state index in [1.54, 1.807) is 0 Å². The minimum absolute atomic E-state index is 0.0172. The maximum absolute atomic E-state index is 12.9. The van der Waals surface area contributed by atoms with Crippen molar-refractivity contribution in [3.8, 4) is 0 Å². The third-order valence-corrected chi connectivity index (χ3v) is 4.05. The van der Waals surface area contributed by atoms with Crippen LogP contribution in [0.2, 0.25) is 0 Å². The van der Waals surface area contributed by atoms with Crippen molar-refractivity contribution >= 4 is 23.0 Å². The number of nitrogens with zero attached hydrogens (tertiary/aromatic N) is 3. The Hall–Kier alpha value is -2.69. The van der Waals surface area contributed by atoms with Crippen LogP contribution in [0.5, 0.6) is 0 Å². The molecule has 0 fully saturated rings. The van der Waals surface area contributed by atoms with E-state index in [4.69, 9.17) is 0 Å². The van der Waals surface area contributed by atoms with Crippen molar-refractivity contribution < 1.29 is 4.79 Å². The van der Waals surface area contributed by atoms with E-state index in [2.05, 4.69) is 15.1 Å². The number of aromatic amines is 1. The van der Waals surface area contributed by atoms with E-state index in [1.807, 2.05) is 48.7 Å². The molecule has 1 amide bonds. The number of aliphatic imine (C=N–C) groups is 1. The lowest BCUT2D eigenvalue weighted by Crippen LogP contribution is -2.33. The van der Waals surface area contributed by atoms with Gasteiger partial charge < -0.3 is 4.98 Å². The maximum atomic E-state index is 12.9. The molecule has 2 aliphatic heterocycles. The van der Waals surface area contributed by atoms with Crippen molar-refractivity contribution in [2.45, 2.75) is 12.8 Å². The molecule has 4 rings (SSSR count). The predicted octanol–water partition coefficient (Wildman–Crippen LogP) is 2.62. The lowest BCUT2D eigenvalue weighted by molar-refractivity contribution is -0.118. The van der Waals surface area contributed by atoms with Gasteiger partial charge in [-0.15, -0.1) is 0 Å². The number of H-pyrrole nitrogens is 1. The Labute approximate surface area is 128 Å². The number of carbonyl (C=O) groups is 1. The first kappa shape index (κ1) is 13.0. The van der Waals surface area contributed by atoms with Crippen molar-refractivity contribution in [3.63, 3.8) is 0 Å². The van der Waals surface area contributed by atoms with Crippen LogP contribution in [0.3, 0.4) is 0 Å². The Kier molecular flexibility index (Phi) is 3.11. The highest BCUT2D eigenvalue weighted by Gasteiger charge is 2.41. The van der Waals surface area contributed by atoms with Crippen LogP contribution in [0.25, 0.3) is 0 Å². The first-order chi connectivity index (χ1) is 10.8. The number of nitrogens with one attached hydrogen (secondary N) is 1. The van der Waals surface area contributed by atoms with Gasteiger partial charge in [0.15, 0.2) is 0 Å². The van der Waals surface area contributed by atoms with Crippen LogP contribution in [-0.4, -0.2) is 28.9 Å². The van der Waals surface area contributed by atoms with Gasteiger partial charge in [-0.1, -0.05) is 18.2 Å². The van der Waals surface area contributed by atoms with E-state index in [9.17, 15) is 4.79 Å². The molecule has 1 aromatic heterocycles. The molecule has 0 radical (unpaired) electrons. The summed E-state index contributed by atoms with van der Waals surface area (Å²) in [5.74, 6) is -0.377. The molecule has 22 heavy (non-hydrogen) atoms. The molecule has 1 unspecified atom stereocenters. The quantitative estimate of drug-likeness (QED) is 0.928. The zero-order valence-corrected chi connectivity index (χ0v) is 12.1. The lowest BCUT2D eigenvalue weighted by Gasteiger charge is -2.14. The summed E-state index contributed by atoms with van der Waals surface area (Å²) < 4.78 is 0.